The molecule has 3 N–H and O–H groups in total. The molecule has 0 radical (unpaired) electrons. The largest absolute Gasteiger partial charge is 0.436 e. The van der Waals surface area contributed by atoms with Crippen molar-refractivity contribution in [3.8, 4) is 11.5 Å². The van der Waals surface area contributed by atoms with Crippen molar-refractivity contribution in [2.45, 2.75) is 50.2 Å². The highest BCUT2D eigenvalue weighted by Gasteiger charge is 2.44. The fraction of sp³-hybridized carbons (Fsp3) is 0.467. The number of rotatable bonds is 6. The smallest absolute Gasteiger partial charge is 0.229 e. The lowest BCUT2D eigenvalue weighted by Crippen LogP contribution is -2.56. The molecule has 2 atom stereocenters. The zero-order valence-electron chi connectivity index (χ0n) is 22.8. The number of nitrogens with one attached hydrogen (secondary N) is 2. The number of oxazole rings is 1. The number of aliphatic hydroxyl groups is 1. The van der Waals surface area contributed by atoms with Crippen molar-refractivity contribution in [3.05, 3.63) is 42.2 Å². The van der Waals surface area contributed by atoms with E-state index < -0.39 is 6.10 Å². The summed E-state index contributed by atoms with van der Waals surface area (Å²) >= 11 is 0. The lowest BCUT2D eigenvalue weighted by Gasteiger charge is -2.43. The van der Waals surface area contributed by atoms with Gasteiger partial charge in [-0.3, -0.25) is 9.69 Å². The molecule has 4 aromatic rings. The van der Waals surface area contributed by atoms with E-state index in [1.807, 2.05) is 19.2 Å². The predicted octanol–water partition coefficient (Wildman–Crippen LogP) is 4.16. The number of fused-ring (bicyclic) bond motifs is 2. The number of benzene rings is 1. The molecule has 5 heterocycles. The van der Waals surface area contributed by atoms with Gasteiger partial charge in [0.15, 0.2) is 5.58 Å². The number of carbonyl (C=O) groups is 1. The Hall–Kier alpha value is -3.60. The van der Waals surface area contributed by atoms with Gasteiger partial charge in [0.2, 0.25) is 11.8 Å². The van der Waals surface area contributed by atoms with Crippen molar-refractivity contribution in [2.75, 3.05) is 44.0 Å². The topological polar surface area (TPSA) is 126 Å². The van der Waals surface area contributed by atoms with Crippen molar-refractivity contribution in [1.82, 2.24) is 19.9 Å². The highest BCUT2D eigenvalue weighted by Crippen LogP contribution is 2.38. The van der Waals surface area contributed by atoms with Gasteiger partial charge in [0.25, 0.3) is 0 Å². The van der Waals surface area contributed by atoms with E-state index in [-0.39, 0.29) is 17.4 Å². The van der Waals surface area contributed by atoms with Gasteiger partial charge >= 0.3 is 0 Å². The third kappa shape index (κ3) is 4.40. The van der Waals surface area contributed by atoms with Crippen LogP contribution in [-0.4, -0.2) is 75.9 Å². The Morgan fingerprint density at radius 2 is 1.93 bits per heavy atom. The molecular weight excluding hydrogens is 508 g/mol. The molecule has 40 heavy (non-hydrogen) atoms. The molecule has 3 aliphatic rings. The fourth-order valence-electron chi connectivity index (χ4n) is 6.14. The Bertz CT molecular complexity index is 1590. The predicted molar refractivity (Wildman–Crippen MR) is 152 cm³/mol. The van der Waals surface area contributed by atoms with Gasteiger partial charge in [-0.15, -0.1) is 0 Å². The average molecular weight is 543 g/mol. The molecule has 2 saturated heterocycles. The molecule has 1 aromatic carbocycles. The number of pyridine rings is 2. The lowest BCUT2D eigenvalue weighted by atomic mass is 9.86. The zero-order valence-corrected chi connectivity index (χ0v) is 22.8. The summed E-state index contributed by atoms with van der Waals surface area (Å²) in [4.78, 5) is 28.7. The summed E-state index contributed by atoms with van der Waals surface area (Å²) < 4.78 is 11.8. The maximum atomic E-state index is 12.4. The van der Waals surface area contributed by atoms with Gasteiger partial charge in [-0.2, -0.15) is 0 Å². The van der Waals surface area contributed by atoms with Crippen molar-refractivity contribution in [3.63, 3.8) is 0 Å². The Morgan fingerprint density at radius 3 is 2.65 bits per heavy atom. The monoisotopic (exact) mass is 542 g/mol. The number of hydrogen-bond donors (Lipinski definition) is 3. The van der Waals surface area contributed by atoms with E-state index in [1.54, 1.807) is 12.4 Å². The normalized spacial score (nSPS) is 24.1. The van der Waals surface area contributed by atoms with Crippen molar-refractivity contribution in [2.24, 2.45) is 5.92 Å². The summed E-state index contributed by atoms with van der Waals surface area (Å²) in [6.07, 6.45) is 6.93. The second-order valence-electron chi connectivity index (χ2n) is 11.5. The summed E-state index contributed by atoms with van der Waals surface area (Å²) in [7, 11) is 1.82. The second-order valence-corrected chi connectivity index (χ2v) is 11.5. The van der Waals surface area contributed by atoms with E-state index >= 15 is 0 Å². The number of hydrogen-bond acceptors (Lipinski definition) is 9. The SMILES string of the molecule is CNc1ncc(-c2nc3cc(C4CCN([C@]5(C)COC[C@@H]5O)CC4)ccc3o2)c2cc(NC(=O)C3CC3)ncc12. The number of nitrogens with zero attached hydrogens (tertiary/aromatic N) is 4. The standard InChI is InChI=1S/C30H34N6O4/c1-30(16-39-15-25(30)37)36-9-7-17(8-10-36)19-5-6-24-23(11-19)34-29(40-24)22-14-33-27(31-2)21-13-32-26(12-20(21)22)35-28(38)18-3-4-18/h5-6,11-14,17-18,25,37H,3-4,7-10,15-16H2,1-2H3,(H,31,33)(H,32,35,38)/t25-,30+/m0/s1. The minimum atomic E-state index is -0.442. The summed E-state index contributed by atoms with van der Waals surface area (Å²) in [5.74, 6) is 2.21. The lowest BCUT2D eigenvalue weighted by molar-refractivity contribution is -0.117. The van der Waals surface area contributed by atoms with Gasteiger partial charge < -0.3 is 24.9 Å². The summed E-state index contributed by atoms with van der Waals surface area (Å²) in [6, 6.07) is 8.15. The van der Waals surface area contributed by atoms with Gasteiger partial charge in [0.1, 0.15) is 17.2 Å². The van der Waals surface area contributed by atoms with E-state index in [9.17, 15) is 9.90 Å². The van der Waals surface area contributed by atoms with Crippen LogP contribution in [-0.2, 0) is 9.53 Å². The van der Waals surface area contributed by atoms with Crippen LogP contribution in [0.4, 0.5) is 11.6 Å². The highest BCUT2D eigenvalue weighted by molar-refractivity contribution is 6.03. The van der Waals surface area contributed by atoms with Crippen LogP contribution in [0, 0.1) is 5.92 Å². The minimum Gasteiger partial charge on any atom is -0.436 e. The third-order valence-electron chi connectivity index (χ3n) is 8.93. The summed E-state index contributed by atoms with van der Waals surface area (Å²) in [5, 5.41) is 18.2. The maximum absolute atomic E-state index is 12.4. The molecule has 10 nitrogen and oxygen atoms in total. The molecule has 0 unspecified atom stereocenters. The Labute approximate surface area is 232 Å². The van der Waals surface area contributed by atoms with Crippen LogP contribution in [0.2, 0.25) is 0 Å². The quantitative estimate of drug-likeness (QED) is 0.329. The Morgan fingerprint density at radius 1 is 1.10 bits per heavy atom. The van der Waals surface area contributed by atoms with Crippen LogP contribution in [0.15, 0.2) is 41.1 Å². The van der Waals surface area contributed by atoms with E-state index in [0.29, 0.717) is 36.7 Å². The molecule has 208 valence electrons. The van der Waals surface area contributed by atoms with E-state index in [1.165, 1.54) is 5.56 Å². The van der Waals surface area contributed by atoms with Crippen LogP contribution in [0.1, 0.15) is 44.1 Å². The molecule has 0 bridgehead atoms. The molecule has 3 fully saturated rings. The molecule has 10 heteroatoms. The number of piperidine rings is 1. The summed E-state index contributed by atoms with van der Waals surface area (Å²) in [6.45, 7) is 4.95. The summed E-state index contributed by atoms with van der Waals surface area (Å²) in [5.41, 5.74) is 3.23. The molecule has 0 spiro atoms. The molecule has 1 amide bonds. The molecule has 2 aliphatic heterocycles. The first-order valence-corrected chi connectivity index (χ1v) is 14.1. The average Bonchev–Trinajstić information content (AvgIpc) is 3.66. The zero-order chi connectivity index (χ0) is 27.4. The van der Waals surface area contributed by atoms with E-state index in [0.717, 1.165) is 66.2 Å². The van der Waals surface area contributed by atoms with Crippen LogP contribution in [0.25, 0.3) is 33.3 Å². The number of ether oxygens (including phenoxy) is 1. The van der Waals surface area contributed by atoms with Crippen molar-refractivity contribution < 1.29 is 19.1 Å². The molecular formula is C30H34N6O4. The van der Waals surface area contributed by atoms with Crippen LogP contribution in [0.5, 0.6) is 0 Å². The maximum Gasteiger partial charge on any atom is 0.229 e. The van der Waals surface area contributed by atoms with Crippen molar-refractivity contribution >= 4 is 39.4 Å². The molecule has 1 aliphatic carbocycles. The highest BCUT2D eigenvalue weighted by atomic mass is 16.5. The van der Waals surface area contributed by atoms with Crippen LogP contribution < -0.4 is 10.6 Å². The number of aliphatic hydroxyl groups excluding tert-OH is 1. The van der Waals surface area contributed by atoms with E-state index in [4.69, 9.17) is 14.1 Å². The molecule has 1 saturated carbocycles. The number of amides is 1. The third-order valence-corrected chi connectivity index (χ3v) is 8.93. The van der Waals surface area contributed by atoms with Gasteiger partial charge in [0.05, 0.1) is 30.4 Å². The Kier molecular flexibility index (Phi) is 6.21. The van der Waals surface area contributed by atoms with Gasteiger partial charge in [0, 0.05) is 36.1 Å². The first-order chi connectivity index (χ1) is 19.4. The van der Waals surface area contributed by atoms with Crippen LogP contribution >= 0.6 is 0 Å². The first kappa shape index (κ1) is 25.4. The van der Waals surface area contributed by atoms with Gasteiger partial charge in [-0.05, 0) is 75.4 Å². The van der Waals surface area contributed by atoms with Gasteiger partial charge in [-0.25, -0.2) is 15.0 Å². The number of likely N-dealkylation sites (tertiary alicyclic amines) is 1. The van der Waals surface area contributed by atoms with Crippen LogP contribution in [0.3, 0.4) is 0 Å². The number of aromatic nitrogens is 3. The number of anilines is 2. The first-order valence-electron chi connectivity index (χ1n) is 14.1. The second kappa shape index (κ2) is 9.79. The van der Waals surface area contributed by atoms with Gasteiger partial charge in [-0.1, -0.05) is 6.07 Å². The number of carbonyl (C=O) groups excluding carboxylic acids is 1. The van der Waals surface area contributed by atoms with Crippen molar-refractivity contribution in [1.29, 1.82) is 0 Å². The molecule has 7 rings (SSSR count). The van der Waals surface area contributed by atoms with E-state index in [2.05, 4.69) is 44.6 Å². The fourth-order valence-corrected chi connectivity index (χ4v) is 6.14. The minimum absolute atomic E-state index is 0.0124. The Balaban J connectivity index is 1.16. The molecule has 3 aromatic heterocycles.